The highest BCUT2D eigenvalue weighted by Gasteiger charge is 2.06. The molecule has 1 aromatic rings. The summed E-state index contributed by atoms with van der Waals surface area (Å²) in [5, 5.41) is 2.73. The molecule has 17 heavy (non-hydrogen) atoms. The third kappa shape index (κ3) is 4.70. The van der Waals surface area contributed by atoms with Crippen LogP contribution in [0.25, 0.3) is 0 Å². The molecule has 0 aliphatic rings. The van der Waals surface area contributed by atoms with Crippen LogP contribution in [-0.2, 0) is 11.3 Å². The predicted octanol–water partition coefficient (Wildman–Crippen LogP) is 0.322. The van der Waals surface area contributed by atoms with Crippen molar-refractivity contribution in [2.75, 3.05) is 13.1 Å². The number of hydrogen-bond acceptors (Lipinski definition) is 3. The molecule has 0 aliphatic carbocycles. The van der Waals surface area contributed by atoms with Crippen molar-refractivity contribution in [1.29, 1.82) is 0 Å². The number of aromatic nitrogens is 1. The standard InChI is InChI=1S/C11H16BrN3O2/c1-8(4-13)5-14-10(16)7-15-6-9(12)2-3-11(15)17/h2-3,6,8H,4-5,7,13H2,1H3,(H,14,16). The van der Waals surface area contributed by atoms with E-state index >= 15 is 0 Å². The molecule has 6 heteroatoms. The number of pyridine rings is 1. The average molecular weight is 302 g/mol. The van der Waals surface area contributed by atoms with Crippen molar-refractivity contribution in [1.82, 2.24) is 9.88 Å². The SMILES string of the molecule is CC(CN)CNC(=O)Cn1cc(Br)ccc1=O. The van der Waals surface area contributed by atoms with Crippen molar-refractivity contribution in [3.63, 3.8) is 0 Å². The quantitative estimate of drug-likeness (QED) is 0.822. The Morgan fingerprint density at radius 3 is 2.94 bits per heavy atom. The van der Waals surface area contributed by atoms with Crippen molar-refractivity contribution in [2.45, 2.75) is 13.5 Å². The van der Waals surface area contributed by atoms with E-state index in [-0.39, 0.29) is 23.9 Å². The fourth-order valence-electron chi connectivity index (χ4n) is 1.21. The Morgan fingerprint density at radius 2 is 2.29 bits per heavy atom. The van der Waals surface area contributed by atoms with Gasteiger partial charge in [0.2, 0.25) is 5.91 Å². The molecular weight excluding hydrogens is 286 g/mol. The highest BCUT2D eigenvalue weighted by Crippen LogP contribution is 2.04. The molecule has 1 unspecified atom stereocenters. The summed E-state index contributed by atoms with van der Waals surface area (Å²) in [6, 6.07) is 3.06. The summed E-state index contributed by atoms with van der Waals surface area (Å²) in [5.41, 5.74) is 5.24. The van der Waals surface area contributed by atoms with Gasteiger partial charge >= 0.3 is 0 Å². The number of carbonyl (C=O) groups excluding carboxylic acids is 1. The van der Waals surface area contributed by atoms with Gasteiger partial charge in [0.1, 0.15) is 6.54 Å². The van der Waals surface area contributed by atoms with Crippen molar-refractivity contribution in [3.8, 4) is 0 Å². The van der Waals surface area contributed by atoms with Gasteiger partial charge in [-0.25, -0.2) is 0 Å². The third-order valence-electron chi connectivity index (χ3n) is 2.31. The van der Waals surface area contributed by atoms with Crippen molar-refractivity contribution in [2.24, 2.45) is 11.7 Å². The molecule has 0 saturated carbocycles. The molecule has 1 heterocycles. The van der Waals surface area contributed by atoms with Gasteiger partial charge in [0.05, 0.1) is 0 Å². The summed E-state index contributed by atoms with van der Waals surface area (Å²) in [5.74, 6) is 0.0451. The minimum Gasteiger partial charge on any atom is -0.354 e. The maximum Gasteiger partial charge on any atom is 0.251 e. The molecule has 1 rings (SSSR count). The van der Waals surface area contributed by atoms with Crippen LogP contribution < -0.4 is 16.6 Å². The summed E-state index contributed by atoms with van der Waals surface area (Å²) in [6.45, 7) is 3.02. The molecule has 3 N–H and O–H groups in total. The van der Waals surface area contributed by atoms with Crippen LogP contribution in [0.3, 0.4) is 0 Å². The maximum absolute atomic E-state index is 11.6. The molecule has 1 aromatic heterocycles. The molecule has 0 fully saturated rings. The molecule has 1 amide bonds. The van der Waals surface area contributed by atoms with Crippen LogP contribution in [0.4, 0.5) is 0 Å². The first-order chi connectivity index (χ1) is 8.02. The molecular formula is C11H16BrN3O2. The molecule has 0 radical (unpaired) electrons. The summed E-state index contributed by atoms with van der Waals surface area (Å²) in [7, 11) is 0. The average Bonchev–Trinajstić information content (AvgIpc) is 2.30. The lowest BCUT2D eigenvalue weighted by Gasteiger charge is -2.11. The fourth-order valence-corrected chi connectivity index (χ4v) is 1.59. The van der Waals surface area contributed by atoms with E-state index in [1.807, 2.05) is 6.92 Å². The van der Waals surface area contributed by atoms with Crippen LogP contribution in [0, 0.1) is 5.92 Å². The number of amides is 1. The molecule has 0 spiro atoms. The number of nitrogens with two attached hydrogens (primary N) is 1. The fraction of sp³-hybridized carbons (Fsp3) is 0.455. The van der Waals surface area contributed by atoms with E-state index in [1.54, 1.807) is 12.3 Å². The van der Waals surface area contributed by atoms with E-state index in [0.717, 1.165) is 4.47 Å². The van der Waals surface area contributed by atoms with Crippen molar-refractivity contribution >= 4 is 21.8 Å². The second kappa shape index (κ2) is 6.56. The predicted molar refractivity (Wildman–Crippen MR) is 69.6 cm³/mol. The van der Waals surface area contributed by atoms with Gasteiger partial charge in [-0.1, -0.05) is 6.92 Å². The Labute approximate surface area is 108 Å². The Morgan fingerprint density at radius 1 is 1.59 bits per heavy atom. The van der Waals surface area contributed by atoms with Crippen LogP contribution in [0.15, 0.2) is 27.6 Å². The van der Waals surface area contributed by atoms with E-state index in [2.05, 4.69) is 21.2 Å². The van der Waals surface area contributed by atoms with Crippen molar-refractivity contribution in [3.05, 3.63) is 33.2 Å². The van der Waals surface area contributed by atoms with Gasteiger partial charge in [0.15, 0.2) is 0 Å². The highest BCUT2D eigenvalue weighted by atomic mass is 79.9. The van der Waals surface area contributed by atoms with Gasteiger partial charge in [0, 0.05) is 23.3 Å². The van der Waals surface area contributed by atoms with Gasteiger partial charge in [0.25, 0.3) is 5.56 Å². The zero-order valence-corrected chi connectivity index (χ0v) is 11.2. The Balaban J connectivity index is 2.56. The summed E-state index contributed by atoms with van der Waals surface area (Å²) in [6.07, 6.45) is 1.59. The number of nitrogens with one attached hydrogen (secondary N) is 1. The summed E-state index contributed by atoms with van der Waals surface area (Å²) < 4.78 is 2.12. The lowest BCUT2D eigenvalue weighted by molar-refractivity contribution is -0.121. The molecule has 0 saturated heterocycles. The number of halogens is 1. The van der Waals surface area contributed by atoms with Crippen molar-refractivity contribution < 1.29 is 4.79 Å². The van der Waals surface area contributed by atoms with Crippen LogP contribution >= 0.6 is 15.9 Å². The van der Waals surface area contributed by atoms with Crippen LogP contribution in [-0.4, -0.2) is 23.6 Å². The van der Waals surface area contributed by atoms with E-state index in [1.165, 1.54) is 10.6 Å². The molecule has 0 aliphatic heterocycles. The van der Waals surface area contributed by atoms with E-state index in [0.29, 0.717) is 13.1 Å². The first kappa shape index (κ1) is 13.9. The minimum atomic E-state index is -0.199. The number of rotatable bonds is 5. The number of carbonyl (C=O) groups is 1. The smallest absolute Gasteiger partial charge is 0.251 e. The lowest BCUT2D eigenvalue weighted by atomic mass is 10.2. The van der Waals surface area contributed by atoms with Gasteiger partial charge in [-0.3, -0.25) is 9.59 Å². The minimum absolute atomic E-state index is 0.0234. The second-order valence-electron chi connectivity index (χ2n) is 3.96. The Hall–Kier alpha value is -1.14. The third-order valence-corrected chi connectivity index (χ3v) is 2.78. The van der Waals surface area contributed by atoms with E-state index < -0.39 is 0 Å². The van der Waals surface area contributed by atoms with E-state index in [4.69, 9.17) is 5.73 Å². The first-order valence-electron chi connectivity index (χ1n) is 5.35. The zero-order chi connectivity index (χ0) is 12.8. The largest absolute Gasteiger partial charge is 0.354 e. The van der Waals surface area contributed by atoms with Crippen LogP contribution in [0.5, 0.6) is 0 Å². The van der Waals surface area contributed by atoms with Crippen LogP contribution in [0.2, 0.25) is 0 Å². The van der Waals surface area contributed by atoms with Gasteiger partial charge in [-0.2, -0.15) is 0 Å². The summed E-state index contributed by atoms with van der Waals surface area (Å²) in [4.78, 5) is 23.0. The molecule has 0 bridgehead atoms. The highest BCUT2D eigenvalue weighted by molar-refractivity contribution is 9.10. The molecule has 0 aromatic carbocycles. The second-order valence-corrected chi connectivity index (χ2v) is 4.87. The lowest BCUT2D eigenvalue weighted by Crippen LogP contribution is -2.35. The number of nitrogens with zero attached hydrogens (tertiary/aromatic N) is 1. The van der Waals surface area contributed by atoms with E-state index in [9.17, 15) is 9.59 Å². The zero-order valence-electron chi connectivity index (χ0n) is 9.65. The molecule has 5 nitrogen and oxygen atoms in total. The topological polar surface area (TPSA) is 77.1 Å². The Bertz CT molecular complexity index is 445. The maximum atomic E-state index is 11.6. The van der Waals surface area contributed by atoms with Crippen LogP contribution in [0.1, 0.15) is 6.92 Å². The number of hydrogen-bond donors (Lipinski definition) is 2. The first-order valence-corrected chi connectivity index (χ1v) is 6.15. The Kier molecular flexibility index (Phi) is 5.37. The summed E-state index contributed by atoms with van der Waals surface area (Å²) >= 11 is 3.25. The molecule has 94 valence electrons. The monoisotopic (exact) mass is 301 g/mol. The molecule has 1 atom stereocenters. The normalized spacial score (nSPS) is 12.2. The van der Waals surface area contributed by atoms with Gasteiger partial charge in [-0.15, -0.1) is 0 Å². The van der Waals surface area contributed by atoms with Gasteiger partial charge < -0.3 is 15.6 Å². The van der Waals surface area contributed by atoms with Gasteiger partial charge in [-0.05, 0) is 34.5 Å².